The third-order valence-electron chi connectivity index (χ3n) is 7.10. The van der Waals surface area contributed by atoms with Crippen LogP contribution in [-0.2, 0) is 28.8 Å². The van der Waals surface area contributed by atoms with Crippen molar-refractivity contribution in [2.24, 2.45) is 5.16 Å². The van der Waals surface area contributed by atoms with E-state index >= 15 is 0 Å². The van der Waals surface area contributed by atoms with Crippen LogP contribution in [0.3, 0.4) is 0 Å². The van der Waals surface area contributed by atoms with Crippen LogP contribution in [-0.4, -0.2) is 48.1 Å². The molecule has 4 aromatic carbocycles. The van der Waals surface area contributed by atoms with E-state index < -0.39 is 123 Å². The first-order valence-electron chi connectivity index (χ1n) is 15.0. The Bertz CT molecular complexity index is 2410. The zero-order valence-electron chi connectivity index (χ0n) is 27.9. The summed E-state index contributed by atoms with van der Waals surface area (Å²) in [4.78, 5) is -5.18. The average molecular weight is 913 g/mol. The largest absolute Gasteiger partial charge is 0.493 e. The maximum absolute atomic E-state index is 13.9. The monoisotopic (exact) mass is 912 g/mol. The van der Waals surface area contributed by atoms with Crippen molar-refractivity contribution in [3.63, 3.8) is 0 Å². The lowest BCUT2D eigenvalue weighted by atomic mass is 10.1. The molecule has 0 amide bonds. The number of halogens is 16. The van der Waals surface area contributed by atoms with E-state index in [4.69, 9.17) is 9.47 Å². The van der Waals surface area contributed by atoms with Gasteiger partial charge < -0.3 is 9.47 Å². The van der Waals surface area contributed by atoms with E-state index in [1.54, 1.807) is 0 Å². The highest BCUT2D eigenvalue weighted by Gasteiger charge is 2.44. The average Bonchev–Trinajstić information content (AvgIpc) is 3.14. The van der Waals surface area contributed by atoms with Gasteiger partial charge in [-0.15, -0.1) is 0 Å². The summed E-state index contributed by atoms with van der Waals surface area (Å²) >= 11 is 0. The highest BCUT2D eigenvalue weighted by molar-refractivity contribution is 7.87. The van der Waals surface area contributed by atoms with Crippen LogP contribution in [0.5, 0.6) is 11.5 Å². The summed E-state index contributed by atoms with van der Waals surface area (Å²) in [6.45, 7) is -0.475. The van der Waals surface area contributed by atoms with Gasteiger partial charge in [0.05, 0.1) is 13.2 Å². The van der Waals surface area contributed by atoms with E-state index in [1.165, 1.54) is 0 Å². The SMILES string of the molecule is O=S(=O)(ON=C(c1ccc(OCCCOc2ccc(C(NOS(=O)(=O)c3c(F)c(F)c(F)c(F)c3F)C(F)(F)F)cc2)cc1)C(F)(F)F)c1c(F)c(F)c(F)c(F)c1F. The lowest BCUT2D eigenvalue weighted by molar-refractivity contribution is -0.174. The molecule has 4 rings (SSSR count). The third kappa shape index (κ3) is 10.3. The molecule has 59 heavy (non-hydrogen) atoms. The van der Waals surface area contributed by atoms with Gasteiger partial charge in [0, 0.05) is 12.0 Å². The minimum Gasteiger partial charge on any atom is -0.493 e. The second kappa shape index (κ2) is 17.5. The number of alkyl halides is 6. The molecule has 0 aliphatic rings. The Balaban J connectivity index is 1.35. The molecule has 322 valence electrons. The topological polar surface area (TPSA) is 130 Å². The first kappa shape index (κ1) is 46.3. The Hall–Kier alpha value is -5.35. The number of benzene rings is 4. The first-order chi connectivity index (χ1) is 27.2. The standard InChI is InChI=1S/C31H16F16N2O8S2/c32-16-18(34)22(38)26(23(39)19(16)35)58(50,51)56-48-28(30(42,43)44)12-2-6-14(7-3-12)54-10-1-11-55-15-8-4-13(5-9-15)29(31(45,46)47)49-57-59(52,53)27-24(40)20(36)17(33)21(37)25(27)41/h2-9,28,48H,1,10-11H2. The predicted octanol–water partition coefficient (Wildman–Crippen LogP) is 8.11. The van der Waals surface area contributed by atoms with Crippen molar-refractivity contribution in [2.45, 2.75) is 34.6 Å². The quantitative estimate of drug-likeness (QED) is 0.0314. The molecular weight excluding hydrogens is 896 g/mol. The summed E-state index contributed by atoms with van der Waals surface area (Å²) in [5.41, 5.74) is -2.93. The number of nitrogens with one attached hydrogen (secondary N) is 1. The molecule has 28 heteroatoms. The van der Waals surface area contributed by atoms with Crippen molar-refractivity contribution in [1.82, 2.24) is 5.48 Å². The van der Waals surface area contributed by atoms with Gasteiger partial charge in [-0.3, -0.25) is 4.28 Å². The van der Waals surface area contributed by atoms with Gasteiger partial charge in [0.15, 0.2) is 68.1 Å². The number of hydrogen-bond donors (Lipinski definition) is 1. The number of hydroxylamine groups is 1. The summed E-state index contributed by atoms with van der Waals surface area (Å²) < 4.78 is 285. The van der Waals surface area contributed by atoms with Crippen molar-refractivity contribution < 1.29 is 105 Å². The van der Waals surface area contributed by atoms with Crippen LogP contribution in [0.1, 0.15) is 23.6 Å². The van der Waals surface area contributed by atoms with Crippen LogP contribution in [0.4, 0.5) is 70.2 Å². The Kier molecular flexibility index (Phi) is 13.7. The fraction of sp³-hybridized carbons (Fsp3) is 0.194. The maximum Gasteiger partial charge on any atom is 0.437 e. The minimum absolute atomic E-state index is 0.0156. The molecule has 0 aliphatic carbocycles. The third-order valence-corrected chi connectivity index (χ3v) is 9.41. The number of rotatable bonds is 15. The van der Waals surface area contributed by atoms with Gasteiger partial charge in [0.25, 0.3) is 0 Å². The lowest BCUT2D eigenvalue weighted by Crippen LogP contribution is -2.36. The maximum atomic E-state index is 13.9. The summed E-state index contributed by atoms with van der Waals surface area (Å²) in [6.07, 6.45) is -10.9. The molecule has 0 saturated heterocycles. The molecule has 0 saturated carbocycles. The summed E-state index contributed by atoms with van der Waals surface area (Å²) in [7, 11) is -12.3. The van der Waals surface area contributed by atoms with Gasteiger partial charge in [0.2, 0.25) is 11.6 Å². The summed E-state index contributed by atoms with van der Waals surface area (Å²) in [5.74, 6) is -28.4. The fourth-order valence-corrected chi connectivity index (χ4v) is 6.17. The van der Waals surface area contributed by atoms with Crippen molar-refractivity contribution in [3.8, 4) is 11.5 Å². The van der Waals surface area contributed by atoms with Crippen molar-refractivity contribution in [1.29, 1.82) is 0 Å². The van der Waals surface area contributed by atoms with Gasteiger partial charge in [-0.25, -0.2) is 43.9 Å². The molecule has 0 spiro atoms. The van der Waals surface area contributed by atoms with Crippen molar-refractivity contribution in [2.75, 3.05) is 13.2 Å². The molecule has 10 nitrogen and oxygen atoms in total. The molecule has 0 aliphatic heterocycles. The number of nitrogens with zero attached hydrogens (tertiary/aromatic N) is 1. The highest BCUT2D eigenvalue weighted by atomic mass is 32.2. The van der Waals surface area contributed by atoms with Gasteiger partial charge in [-0.1, -0.05) is 17.3 Å². The van der Waals surface area contributed by atoms with Crippen LogP contribution in [0, 0.1) is 58.2 Å². The van der Waals surface area contributed by atoms with E-state index in [0.717, 1.165) is 29.7 Å². The van der Waals surface area contributed by atoms with Crippen molar-refractivity contribution >= 4 is 25.9 Å². The van der Waals surface area contributed by atoms with Gasteiger partial charge in [0.1, 0.15) is 11.5 Å². The van der Waals surface area contributed by atoms with E-state index in [2.05, 4.69) is 13.7 Å². The molecule has 1 N–H and O–H groups in total. The molecule has 0 heterocycles. The summed E-state index contributed by atoms with van der Waals surface area (Å²) in [6, 6.07) is 3.27. The molecule has 0 radical (unpaired) electrons. The van der Waals surface area contributed by atoms with Crippen LogP contribution in [0.2, 0.25) is 0 Å². The Morgan fingerprint density at radius 3 is 1.32 bits per heavy atom. The number of oxime groups is 1. The Morgan fingerprint density at radius 1 is 0.559 bits per heavy atom. The van der Waals surface area contributed by atoms with Gasteiger partial charge in [-0.05, 0) is 42.0 Å². The second-order valence-electron chi connectivity index (χ2n) is 11.0. The Labute approximate surface area is 318 Å². The van der Waals surface area contributed by atoms with Gasteiger partial charge >= 0.3 is 32.6 Å². The van der Waals surface area contributed by atoms with Crippen LogP contribution >= 0.6 is 0 Å². The number of hydrogen-bond acceptors (Lipinski definition) is 10. The van der Waals surface area contributed by atoms with Crippen LogP contribution in [0.15, 0.2) is 63.5 Å². The predicted molar refractivity (Wildman–Crippen MR) is 162 cm³/mol. The molecule has 0 bridgehead atoms. The molecule has 0 aromatic heterocycles. The minimum atomic E-state index is -6.17. The second-order valence-corrected chi connectivity index (χ2v) is 14.0. The first-order valence-corrected chi connectivity index (χ1v) is 17.9. The van der Waals surface area contributed by atoms with E-state index in [-0.39, 0.29) is 31.1 Å². The van der Waals surface area contributed by atoms with E-state index in [0.29, 0.717) is 24.3 Å². The molecule has 4 aromatic rings. The van der Waals surface area contributed by atoms with Crippen molar-refractivity contribution in [3.05, 3.63) is 118 Å². The normalized spacial score (nSPS) is 13.4. The number of ether oxygens (including phenoxy) is 2. The van der Waals surface area contributed by atoms with Crippen LogP contribution in [0.25, 0.3) is 0 Å². The molecular formula is C31H16F16N2O8S2. The lowest BCUT2D eigenvalue weighted by Gasteiger charge is -2.21. The zero-order valence-corrected chi connectivity index (χ0v) is 29.5. The smallest absolute Gasteiger partial charge is 0.437 e. The fourth-order valence-electron chi connectivity index (χ4n) is 4.38. The Morgan fingerprint density at radius 2 is 0.932 bits per heavy atom. The molecule has 1 unspecified atom stereocenters. The van der Waals surface area contributed by atoms with E-state index in [1.807, 2.05) is 0 Å². The zero-order chi connectivity index (χ0) is 44.4. The summed E-state index contributed by atoms with van der Waals surface area (Å²) in [5, 5.41) is 2.32. The molecule has 0 fully saturated rings. The van der Waals surface area contributed by atoms with Crippen LogP contribution < -0.4 is 15.0 Å². The van der Waals surface area contributed by atoms with Gasteiger partial charge in [-0.2, -0.15) is 52.9 Å². The highest BCUT2D eigenvalue weighted by Crippen LogP contribution is 2.35. The molecule has 1 atom stereocenters. The van der Waals surface area contributed by atoms with E-state index in [9.17, 15) is 87.1 Å².